The summed E-state index contributed by atoms with van der Waals surface area (Å²) in [4.78, 5) is 28.4. The van der Waals surface area contributed by atoms with Gasteiger partial charge in [0.15, 0.2) is 16.6 Å². The van der Waals surface area contributed by atoms with Crippen LogP contribution >= 0.6 is 39.7 Å². The quantitative estimate of drug-likeness (QED) is 0.175. The average Bonchev–Trinajstić information content (AvgIpc) is 3.13. The predicted octanol–water partition coefficient (Wildman–Crippen LogP) is 5.98. The topological polar surface area (TPSA) is 68.3 Å². The maximum absolute atomic E-state index is 14.0. The Morgan fingerprint density at radius 3 is 2.50 bits per heavy atom. The van der Waals surface area contributed by atoms with E-state index in [0.717, 1.165) is 0 Å². The van der Waals surface area contributed by atoms with Gasteiger partial charge in [0.2, 0.25) is 0 Å². The summed E-state index contributed by atoms with van der Waals surface area (Å²) in [5, 5.41) is 0.618. The molecule has 0 aromatic heterocycles. The van der Waals surface area contributed by atoms with Gasteiger partial charge in [0.25, 0.3) is 5.91 Å². The van der Waals surface area contributed by atoms with Gasteiger partial charge in [-0.2, -0.15) is 0 Å². The Labute approximate surface area is 237 Å². The van der Waals surface area contributed by atoms with Gasteiger partial charge in [-0.1, -0.05) is 29.8 Å². The second-order valence-corrected chi connectivity index (χ2v) is 9.66. The van der Waals surface area contributed by atoms with Crippen molar-refractivity contribution in [2.24, 2.45) is 0 Å². The Morgan fingerprint density at radius 1 is 1.13 bits per heavy atom. The Kier molecular flexibility index (Phi) is 8.65. The molecule has 0 unspecified atom stereocenters. The van der Waals surface area contributed by atoms with Crippen LogP contribution in [0.1, 0.15) is 11.1 Å². The number of rotatable bonds is 8. The summed E-state index contributed by atoms with van der Waals surface area (Å²) in [6.07, 6.45) is 1.58. The maximum Gasteiger partial charge on any atom is 0.325 e. The molecule has 11 heteroatoms. The van der Waals surface area contributed by atoms with Crippen LogP contribution in [0, 0.1) is 5.82 Å². The molecule has 0 aliphatic carbocycles. The molecule has 0 saturated carbocycles. The number of anilines is 1. The molecule has 3 aromatic rings. The van der Waals surface area contributed by atoms with Crippen molar-refractivity contribution in [3.05, 3.63) is 92.8 Å². The van der Waals surface area contributed by atoms with E-state index in [1.54, 1.807) is 60.7 Å². The molecular formula is C27H21BrClFN2O5S. The van der Waals surface area contributed by atoms with Gasteiger partial charge < -0.3 is 19.1 Å². The van der Waals surface area contributed by atoms with Crippen molar-refractivity contribution in [1.29, 1.82) is 0 Å². The first-order valence-electron chi connectivity index (χ1n) is 11.2. The molecule has 7 nitrogen and oxygen atoms in total. The van der Waals surface area contributed by atoms with Crippen LogP contribution in [-0.4, -0.2) is 42.7 Å². The van der Waals surface area contributed by atoms with Gasteiger partial charge in [-0.3, -0.25) is 14.5 Å². The van der Waals surface area contributed by atoms with E-state index in [2.05, 4.69) is 15.9 Å². The lowest BCUT2D eigenvalue weighted by Crippen LogP contribution is -2.35. The van der Waals surface area contributed by atoms with Gasteiger partial charge in [-0.05, 0) is 82.3 Å². The molecular weight excluding hydrogens is 599 g/mol. The Balaban J connectivity index is 1.70. The summed E-state index contributed by atoms with van der Waals surface area (Å²) >= 11 is 15.0. The van der Waals surface area contributed by atoms with Crippen LogP contribution in [0.15, 0.2) is 70.8 Å². The molecule has 1 amide bonds. The molecule has 0 bridgehead atoms. The summed E-state index contributed by atoms with van der Waals surface area (Å²) in [6, 6.07) is 16.3. The molecule has 4 rings (SSSR count). The highest BCUT2D eigenvalue weighted by atomic mass is 79.9. The van der Waals surface area contributed by atoms with Gasteiger partial charge in [0.1, 0.15) is 24.7 Å². The number of carbonyl (C=O) groups is 2. The van der Waals surface area contributed by atoms with E-state index in [-0.39, 0.29) is 29.8 Å². The third-order valence-electron chi connectivity index (χ3n) is 5.62. The minimum Gasteiger partial charge on any atom is -0.493 e. The summed E-state index contributed by atoms with van der Waals surface area (Å²) in [5.74, 6) is -0.670. The van der Waals surface area contributed by atoms with Crippen molar-refractivity contribution in [3.63, 3.8) is 0 Å². The Bertz CT molecular complexity index is 1430. The maximum atomic E-state index is 14.0. The third kappa shape index (κ3) is 5.82. The van der Waals surface area contributed by atoms with Crippen LogP contribution < -0.4 is 14.4 Å². The van der Waals surface area contributed by atoms with Crippen molar-refractivity contribution in [1.82, 2.24) is 4.90 Å². The number of amides is 1. The number of halogens is 3. The normalized spacial score (nSPS) is 14.3. The minimum absolute atomic E-state index is 0.0161. The molecule has 0 spiro atoms. The van der Waals surface area contributed by atoms with E-state index in [1.165, 1.54) is 30.1 Å². The molecule has 0 N–H and O–H groups in total. The van der Waals surface area contributed by atoms with Gasteiger partial charge in [-0.15, -0.1) is 0 Å². The first-order chi connectivity index (χ1) is 18.2. The molecule has 1 heterocycles. The molecule has 3 aromatic carbocycles. The lowest BCUT2D eigenvalue weighted by Gasteiger charge is -2.19. The zero-order chi connectivity index (χ0) is 27.4. The molecule has 38 heavy (non-hydrogen) atoms. The zero-order valence-electron chi connectivity index (χ0n) is 20.2. The molecule has 1 saturated heterocycles. The minimum atomic E-state index is -0.570. The van der Waals surface area contributed by atoms with Crippen LogP contribution in [-0.2, 0) is 20.9 Å². The number of esters is 1. The van der Waals surface area contributed by atoms with Crippen LogP contribution in [0.2, 0.25) is 5.02 Å². The van der Waals surface area contributed by atoms with Crippen molar-refractivity contribution >= 4 is 68.5 Å². The number of thiocarbonyl (C=S) groups is 1. The van der Waals surface area contributed by atoms with E-state index in [9.17, 15) is 14.0 Å². The smallest absolute Gasteiger partial charge is 0.325 e. The molecule has 196 valence electrons. The fourth-order valence-electron chi connectivity index (χ4n) is 3.73. The third-order valence-corrected chi connectivity index (χ3v) is 6.86. The molecule has 1 aliphatic rings. The van der Waals surface area contributed by atoms with Gasteiger partial charge in [0.05, 0.1) is 24.4 Å². The SMILES string of the molecule is COC(=O)CN1C(=S)N(c2ccc(Cl)cc2)C(=O)/C1=C/c1cc(Br)c(OCc2ccccc2F)c(OC)c1. The van der Waals surface area contributed by atoms with Crippen molar-refractivity contribution in [3.8, 4) is 11.5 Å². The predicted molar refractivity (Wildman–Crippen MR) is 150 cm³/mol. The number of hydrogen-bond donors (Lipinski definition) is 0. The molecule has 0 atom stereocenters. The second kappa shape index (κ2) is 11.9. The van der Waals surface area contributed by atoms with E-state index in [4.69, 9.17) is 38.0 Å². The number of carbonyl (C=O) groups excluding carboxylic acids is 2. The molecule has 0 radical (unpaired) electrons. The summed E-state index contributed by atoms with van der Waals surface area (Å²) < 4.78 is 30.7. The van der Waals surface area contributed by atoms with Crippen molar-refractivity contribution < 1.29 is 28.2 Å². The van der Waals surface area contributed by atoms with E-state index in [1.807, 2.05) is 0 Å². The monoisotopic (exact) mass is 618 g/mol. The number of ether oxygens (including phenoxy) is 3. The largest absolute Gasteiger partial charge is 0.493 e. The first kappa shape index (κ1) is 27.6. The van der Waals surface area contributed by atoms with Crippen LogP contribution in [0.25, 0.3) is 6.08 Å². The van der Waals surface area contributed by atoms with E-state index < -0.39 is 11.9 Å². The standard InChI is InChI=1S/C27H21BrClFN2O5S/c1-35-23-13-16(11-20(28)25(23)37-15-17-5-3-4-6-21(17)30)12-22-26(34)32(19-9-7-18(29)8-10-19)27(38)31(22)14-24(33)36-2/h3-13H,14-15H2,1-2H3/b22-12-. The fraction of sp³-hybridized carbons (Fsp3) is 0.148. The highest BCUT2D eigenvalue weighted by Gasteiger charge is 2.40. The van der Waals surface area contributed by atoms with Crippen LogP contribution in [0.3, 0.4) is 0 Å². The number of nitrogens with zero attached hydrogens (tertiary/aromatic N) is 2. The van der Waals surface area contributed by atoms with Gasteiger partial charge in [-0.25, -0.2) is 4.39 Å². The number of hydrogen-bond acceptors (Lipinski definition) is 6. The van der Waals surface area contributed by atoms with Crippen molar-refractivity contribution in [2.45, 2.75) is 6.61 Å². The summed E-state index contributed by atoms with van der Waals surface area (Å²) in [6.45, 7) is -0.281. The van der Waals surface area contributed by atoms with Crippen LogP contribution in [0.5, 0.6) is 11.5 Å². The average molecular weight is 620 g/mol. The van der Waals surface area contributed by atoms with Crippen LogP contribution in [0.4, 0.5) is 10.1 Å². The lowest BCUT2D eigenvalue weighted by molar-refractivity contribution is -0.140. The number of benzene rings is 3. The highest BCUT2D eigenvalue weighted by Crippen LogP contribution is 2.39. The second-order valence-electron chi connectivity index (χ2n) is 8.01. The van der Waals surface area contributed by atoms with Gasteiger partial charge >= 0.3 is 5.97 Å². The lowest BCUT2D eigenvalue weighted by atomic mass is 10.1. The number of methoxy groups -OCH3 is 2. The first-order valence-corrected chi connectivity index (χ1v) is 12.7. The molecule has 1 aliphatic heterocycles. The highest BCUT2D eigenvalue weighted by molar-refractivity contribution is 9.10. The summed E-state index contributed by atoms with van der Waals surface area (Å²) in [5.41, 5.74) is 1.60. The molecule has 1 fully saturated rings. The Morgan fingerprint density at radius 2 is 1.84 bits per heavy atom. The fourth-order valence-corrected chi connectivity index (χ4v) is 4.78. The van der Waals surface area contributed by atoms with Crippen molar-refractivity contribution in [2.75, 3.05) is 25.7 Å². The zero-order valence-corrected chi connectivity index (χ0v) is 23.4. The Hall–Kier alpha value is -3.47. The van der Waals surface area contributed by atoms with E-state index in [0.29, 0.717) is 37.8 Å². The summed E-state index contributed by atoms with van der Waals surface area (Å²) in [7, 11) is 2.72. The van der Waals surface area contributed by atoms with Gasteiger partial charge in [0, 0.05) is 10.6 Å². The van der Waals surface area contributed by atoms with E-state index >= 15 is 0 Å².